The number of hydrogen-bond acceptors (Lipinski definition) is 4. The molecule has 2 aliphatic carbocycles. The van der Waals surface area contributed by atoms with Gasteiger partial charge in [0.2, 0.25) is 5.91 Å². The molecule has 0 bridgehead atoms. The fourth-order valence-corrected chi connectivity index (χ4v) is 6.69. The maximum Gasteiger partial charge on any atom is 0.392 e. The summed E-state index contributed by atoms with van der Waals surface area (Å²) in [6, 6.07) is 5.04. The molecule has 0 N–H and O–H groups in total. The van der Waals surface area contributed by atoms with E-state index in [4.69, 9.17) is 0 Å². The molecule has 1 aliphatic heterocycles. The molecular weight excluding hydrogens is 413 g/mol. The highest BCUT2D eigenvalue weighted by Gasteiger charge is 2.58. The second-order valence-corrected chi connectivity index (χ2v) is 9.80. The number of piperidine rings is 1. The van der Waals surface area contributed by atoms with Crippen LogP contribution in [0.2, 0.25) is 0 Å². The van der Waals surface area contributed by atoms with Crippen LogP contribution < -0.4 is 0 Å². The third-order valence-electron chi connectivity index (χ3n) is 7.26. The zero-order valence-corrected chi connectivity index (χ0v) is 17.8. The van der Waals surface area contributed by atoms with Crippen LogP contribution in [0.25, 0.3) is 0 Å². The van der Waals surface area contributed by atoms with Crippen molar-refractivity contribution in [3.8, 4) is 0 Å². The number of alkyl halides is 3. The van der Waals surface area contributed by atoms with E-state index in [1.165, 1.54) is 6.20 Å². The van der Waals surface area contributed by atoms with Crippen molar-refractivity contribution < 1.29 is 22.8 Å². The number of fused-ring (bicyclic) bond motifs is 3. The predicted octanol–water partition coefficient (Wildman–Crippen LogP) is 4.86. The molecule has 5 atom stereocenters. The minimum atomic E-state index is -4.44. The fraction of sp³-hybridized carbons (Fsp3) is 0.591. The minimum absolute atomic E-state index is 0.0251. The van der Waals surface area contributed by atoms with Gasteiger partial charge in [-0.05, 0) is 55.5 Å². The zero-order chi connectivity index (χ0) is 21.7. The number of amides is 1. The number of halogens is 3. The molecule has 4 nitrogen and oxygen atoms in total. The summed E-state index contributed by atoms with van der Waals surface area (Å²) in [6.07, 6.45) is 0.737. The molecule has 1 amide bonds. The number of pyridine rings is 1. The molecule has 0 radical (unpaired) electrons. The van der Waals surface area contributed by atoms with Gasteiger partial charge in [-0.3, -0.25) is 9.59 Å². The van der Waals surface area contributed by atoms with Gasteiger partial charge in [-0.2, -0.15) is 13.2 Å². The zero-order valence-electron chi connectivity index (χ0n) is 17.0. The van der Waals surface area contributed by atoms with E-state index in [9.17, 15) is 22.8 Å². The first-order chi connectivity index (χ1) is 14.1. The smallest absolute Gasteiger partial charge is 0.342 e. The van der Waals surface area contributed by atoms with Crippen LogP contribution in [-0.4, -0.2) is 40.2 Å². The Hall–Kier alpha value is -1.83. The number of carbonyl (C=O) groups is 2. The van der Waals surface area contributed by atoms with Crippen LogP contribution in [0.15, 0.2) is 41.1 Å². The largest absolute Gasteiger partial charge is 0.392 e. The molecule has 0 aromatic carbocycles. The molecule has 1 saturated carbocycles. The lowest BCUT2D eigenvalue weighted by Crippen LogP contribution is -2.58. The number of carbonyl (C=O) groups excluding carboxylic acids is 2. The molecule has 4 rings (SSSR count). The normalized spacial score (nSPS) is 34.1. The SMILES string of the molecule is CN1C(=O)CC[C@]2(C)C3=CCC(C(F)(F)F)C(C(=O)Sc4ccccn4)C3CCC12. The molecule has 162 valence electrons. The van der Waals surface area contributed by atoms with Gasteiger partial charge in [0.1, 0.15) is 5.03 Å². The van der Waals surface area contributed by atoms with E-state index in [1.54, 1.807) is 36.2 Å². The number of hydrogen-bond donors (Lipinski definition) is 0. The van der Waals surface area contributed by atoms with Gasteiger partial charge < -0.3 is 4.90 Å². The van der Waals surface area contributed by atoms with E-state index in [-0.39, 0.29) is 23.8 Å². The lowest BCUT2D eigenvalue weighted by Gasteiger charge is -2.56. The number of allylic oxidation sites excluding steroid dienone is 1. The summed E-state index contributed by atoms with van der Waals surface area (Å²) in [5.41, 5.74) is 0.564. The van der Waals surface area contributed by atoms with E-state index in [1.807, 2.05) is 0 Å². The Balaban J connectivity index is 1.69. The summed E-state index contributed by atoms with van der Waals surface area (Å²) in [6.45, 7) is 2.06. The van der Waals surface area contributed by atoms with Gasteiger partial charge in [-0.1, -0.05) is 24.6 Å². The lowest BCUT2D eigenvalue weighted by atomic mass is 9.54. The Morgan fingerprint density at radius 2 is 2.07 bits per heavy atom. The van der Waals surface area contributed by atoms with Crippen LogP contribution in [0.4, 0.5) is 13.2 Å². The van der Waals surface area contributed by atoms with Gasteiger partial charge in [-0.25, -0.2) is 4.98 Å². The Morgan fingerprint density at radius 3 is 2.73 bits per heavy atom. The Morgan fingerprint density at radius 1 is 1.30 bits per heavy atom. The molecule has 2 heterocycles. The summed E-state index contributed by atoms with van der Waals surface area (Å²) in [7, 11) is 1.78. The molecule has 4 unspecified atom stereocenters. The van der Waals surface area contributed by atoms with Crippen LogP contribution in [-0.2, 0) is 9.59 Å². The van der Waals surface area contributed by atoms with Gasteiger partial charge >= 0.3 is 6.18 Å². The quantitative estimate of drug-likeness (QED) is 0.489. The Kier molecular flexibility index (Phi) is 5.49. The topological polar surface area (TPSA) is 50.3 Å². The van der Waals surface area contributed by atoms with E-state index in [0.29, 0.717) is 30.7 Å². The first-order valence-electron chi connectivity index (χ1n) is 10.3. The van der Waals surface area contributed by atoms with E-state index in [0.717, 1.165) is 17.3 Å². The number of aromatic nitrogens is 1. The highest BCUT2D eigenvalue weighted by Crippen LogP contribution is 2.58. The van der Waals surface area contributed by atoms with Crippen LogP contribution in [0.3, 0.4) is 0 Å². The number of nitrogens with zero attached hydrogens (tertiary/aromatic N) is 2. The van der Waals surface area contributed by atoms with Crippen molar-refractivity contribution in [1.29, 1.82) is 0 Å². The van der Waals surface area contributed by atoms with Crippen molar-refractivity contribution in [2.45, 2.75) is 56.3 Å². The average Bonchev–Trinajstić information content (AvgIpc) is 2.70. The summed E-state index contributed by atoms with van der Waals surface area (Å²) >= 11 is 0.813. The van der Waals surface area contributed by atoms with Gasteiger partial charge in [0.15, 0.2) is 5.12 Å². The van der Waals surface area contributed by atoms with Crippen molar-refractivity contribution in [1.82, 2.24) is 9.88 Å². The summed E-state index contributed by atoms with van der Waals surface area (Å²) in [4.78, 5) is 31.3. The van der Waals surface area contributed by atoms with Crippen LogP contribution in [0.1, 0.15) is 39.0 Å². The molecule has 1 aromatic rings. The highest BCUT2D eigenvalue weighted by atomic mass is 32.2. The molecule has 2 fully saturated rings. The standard InChI is InChI=1S/C22H25F3N2O2S/c1-21-11-10-18(28)27(2)16(21)9-6-13-14(21)7-8-15(22(23,24)25)19(13)20(29)30-17-5-3-4-12-26-17/h3-5,7,12-13,15-16,19H,6,8-11H2,1-2H3/t13?,15?,16?,19?,21-/m1/s1. The third-order valence-corrected chi connectivity index (χ3v) is 8.18. The summed E-state index contributed by atoms with van der Waals surface area (Å²) < 4.78 is 41.8. The van der Waals surface area contributed by atoms with Crippen LogP contribution in [0.5, 0.6) is 0 Å². The lowest BCUT2D eigenvalue weighted by molar-refractivity contribution is -0.196. The monoisotopic (exact) mass is 438 g/mol. The first kappa shape index (κ1) is 21.4. The van der Waals surface area contributed by atoms with Gasteiger partial charge in [0.05, 0.1) is 5.92 Å². The van der Waals surface area contributed by atoms with Crippen molar-refractivity contribution >= 4 is 22.8 Å². The third kappa shape index (κ3) is 3.57. The number of likely N-dealkylation sites (tertiary alicyclic amines) is 1. The first-order valence-corrected chi connectivity index (χ1v) is 11.1. The molecule has 8 heteroatoms. The average molecular weight is 439 g/mol. The summed E-state index contributed by atoms with van der Waals surface area (Å²) in [5, 5.41) is -0.0451. The maximum atomic E-state index is 13.9. The van der Waals surface area contributed by atoms with Crippen LogP contribution >= 0.6 is 11.8 Å². The second kappa shape index (κ2) is 7.70. The Bertz CT molecular complexity index is 873. The molecule has 0 spiro atoms. The molecule has 30 heavy (non-hydrogen) atoms. The van der Waals surface area contributed by atoms with Gasteiger partial charge in [0, 0.05) is 37.0 Å². The molecular formula is C22H25F3N2O2S. The maximum absolute atomic E-state index is 13.9. The predicted molar refractivity (Wildman–Crippen MR) is 107 cm³/mol. The fourth-order valence-electron chi connectivity index (χ4n) is 5.76. The molecule has 3 aliphatic rings. The molecule has 1 aromatic heterocycles. The summed E-state index contributed by atoms with van der Waals surface area (Å²) in [5.74, 6) is -3.17. The highest BCUT2D eigenvalue weighted by molar-refractivity contribution is 8.13. The van der Waals surface area contributed by atoms with E-state index in [2.05, 4.69) is 11.9 Å². The van der Waals surface area contributed by atoms with E-state index >= 15 is 0 Å². The molecule has 1 saturated heterocycles. The Labute approximate surface area is 178 Å². The van der Waals surface area contributed by atoms with Crippen molar-refractivity contribution in [3.05, 3.63) is 36.0 Å². The second-order valence-electron chi connectivity index (χ2n) is 8.78. The minimum Gasteiger partial charge on any atom is -0.342 e. The van der Waals surface area contributed by atoms with Crippen molar-refractivity contribution in [3.63, 3.8) is 0 Å². The van der Waals surface area contributed by atoms with Crippen molar-refractivity contribution in [2.75, 3.05) is 7.05 Å². The van der Waals surface area contributed by atoms with Gasteiger partial charge in [-0.15, -0.1) is 0 Å². The van der Waals surface area contributed by atoms with E-state index < -0.39 is 29.0 Å². The van der Waals surface area contributed by atoms with Crippen LogP contribution in [0, 0.1) is 23.2 Å². The number of thioether (sulfide) groups is 1. The van der Waals surface area contributed by atoms with Crippen molar-refractivity contribution in [2.24, 2.45) is 23.2 Å². The van der Waals surface area contributed by atoms with Gasteiger partial charge in [0.25, 0.3) is 0 Å². The number of rotatable bonds is 2.